The van der Waals surface area contributed by atoms with Crippen molar-refractivity contribution in [2.45, 2.75) is 18.7 Å². The standard InChI is InChI=1S/C10H15NO4S/c1-7(16(2)14)4-11-5-9-3-8(6-15-9)10(12)13/h3,6-7,11H,4-5H2,1-2H3,(H,12,13). The van der Waals surface area contributed by atoms with Gasteiger partial charge in [0, 0.05) is 28.9 Å². The highest BCUT2D eigenvalue weighted by Gasteiger charge is 2.09. The van der Waals surface area contributed by atoms with E-state index in [0.29, 0.717) is 18.8 Å². The normalized spacial score (nSPS) is 14.6. The van der Waals surface area contributed by atoms with Gasteiger partial charge in [-0.1, -0.05) is 0 Å². The van der Waals surface area contributed by atoms with E-state index in [4.69, 9.17) is 9.52 Å². The van der Waals surface area contributed by atoms with Crippen LogP contribution in [0.2, 0.25) is 0 Å². The summed E-state index contributed by atoms with van der Waals surface area (Å²) in [5.41, 5.74) is 0.143. The molecule has 0 spiro atoms. The van der Waals surface area contributed by atoms with E-state index in [1.807, 2.05) is 6.92 Å². The third-order valence-electron chi connectivity index (χ3n) is 2.20. The van der Waals surface area contributed by atoms with E-state index in [0.717, 1.165) is 0 Å². The number of carbonyl (C=O) groups is 1. The third kappa shape index (κ3) is 3.79. The number of nitrogens with one attached hydrogen (secondary N) is 1. The fraction of sp³-hybridized carbons (Fsp3) is 0.500. The Kier molecular flexibility index (Phi) is 4.70. The van der Waals surface area contributed by atoms with Gasteiger partial charge in [0.2, 0.25) is 0 Å². The van der Waals surface area contributed by atoms with Crippen molar-refractivity contribution in [2.24, 2.45) is 0 Å². The Bertz CT molecular complexity index is 388. The summed E-state index contributed by atoms with van der Waals surface area (Å²) < 4.78 is 16.1. The molecular formula is C10H15NO4S. The maximum absolute atomic E-state index is 11.0. The average molecular weight is 245 g/mol. The number of aromatic carboxylic acids is 1. The van der Waals surface area contributed by atoms with Gasteiger partial charge in [-0.05, 0) is 13.0 Å². The third-order valence-corrected chi connectivity index (χ3v) is 3.50. The minimum absolute atomic E-state index is 0.0638. The molecule has 2 N–H and O–H groups in total. The van der Waals surface area contributed by atoms with Gasteiger partial charge in [-0.15, -0.1) is 0 Å². The van der Waals surface area contributed by atoms with Crippen molar-refractivity contribution in [3.05, 3.63) is 23.7 Å². The molecule has 6 heteroatoms. The minimum atomic E-state index is -1.00. The predicted octanol–water partition coefficient (Wildman–Crippen LogP) is 0.834. The molecule has 2 atom stereocenters. The summed E-state index contributed by atoms with van der Waals surface area (Å²) in [7, 11) is -0.858. The van der Waals surface area contributed by atoms with Crippen LogP contribution in [0.25, 0.3) is 0 Å². The molecule has 0 bridgehead atoms. The molecule has 90 valence electrons. The Hall–Kier alpha value is -1.14. The molecule has 0 fully saturated rings. The molecule has 0 aliphatic rings. The van der Waals surface area contributed by atoms with E-state index in [9.17, 15) is 9.00 Å². The van der Waals surface area contributed by atoms with Crippen molar-refractivity contribution in [3.63, 3.8) is 0 Å². The topological polar surface area (TPSA) is 79.5 Å². The zero-order chi connectivity index (χ0) is 12.1. The Morgan fingerprint density at radius 3 is 2.88 bits per heavy atom. The number of hydrogen-bond acceptors (Lipinski definition) is 4. The molecule has 1 heterocycles. The summed E-state index contributed by atoms with van der Waals surface area (Å²) in [5.74, 6) is -0.440. The Labute approximate surface area is 96.3 Å². The van der Waals surface area contributed by atoms with Crippen LogP contribution in [0.3, 0.4) is 0 Å². The van der Waals surface area contributed by atoms with Gasteiger partial charge in [-0.25, -0.2) is 4.79 Å². The van der Waals surface area contributed by atoms with Gasteiger partial charge in [0.1, 0.15) is 12.0 Å². The van der Waals surface area contributed by atoms with E-state index in [1.165, 1.54) is 12.3 Å². The van der Waals surface area contributed by atoms with Crippen molar-refractivity contribution in [1.29, 1.82) is 0 Å². The van der Waals surface area contributed by atoms with Crippen molar-refractivity contribution in [3.8, 4) is 0 Å². The molecule has 5 nitrogen and oxygen atoms in total. The van der Waals surface area contributed by atoms with Crippen LogP contribution in [0.1, 0.15) is 23.0 Å². The van der Waals surface area contributed by atoms with Gasteiger partial charge in [-0.3, -0.25) is 4.21 Å². The molecule has 0 aliphatic heterocycles. The van der Waals surface area contributed by atoms with Gasteiger partial charge in [-0.2, -0.15) is 0 Å². The molecule has 0 saturated heterocycles. The van der Waals surface area contributed by atoms with Crippen LogP contribution < -0.4 is 5.32 Å². The lowest BCUT2D eigenvalue weighted by Crippen LogP contribution is -2.26. The van der Waals surface area contributed by atoms with Crippen LogP contribution >= 0.6 is 0 Å². The lowest BCUT2D eigenvalue weighted by molar-refractivity contribution is 0.0696. The first-order valence-corrected chi connectivity index (χ1v) is 6.46. The molecule has 1 aromatic rings. The van der Waals surface area contributed by atoms with E-state index in [1.54, 1.807) is 6.26 Å². The number of rotatable bonds is 6. The van der Waals surface area contributed by atoms with Crippen molar-refractivity contribution in [2.75, 3.05) is 12.8 Å². The molecule has 0 saturated carbocycles. The average Bonchev–Trinajstić information content (AvgIpc) is 2.66. The fourth-order valence-electron chi connectivity index (χ4n) is 1.10. The van der Waals surface area contributed by atoms with Gasteiger partial charge in [0.15, 0.2) is 0 Å². The van der Waals surface area contributed by atoms with Crippen LogP contribution in [0.5, 0.6) is 0 Å². The minimum Gasteiger partial charge on any atom is -0.478 e. The molecular weight excluding hydrogens is 230 g/mol. The quantitative estimate of drug-likeness (QED) is 0.776. The smallest absolute Gasteiger partial charge is 0.338 e. The number of hydrogen-bond donors (Lipinski definition) is 2. The number of furan rings is 1. The molecule has 2 unspecified atom stereocenters. The van der Waals surface area contributed by atoms with Crippen LogP contribution in [0.15, 0.2) is 16.7 Å². The summed E-state index contributed by atoms with van der Waals surface area (Å²) >= 11 is 0. The molecule has 1 aromatic heterocycles. The van der Waals surface area contributed by atoms with Crippen LogP contribution in [0.4, 0.5) is 0 Å². The zero-order valence-electron chi connectivity index (χ0n) is 9.23. The summed E-state index contributed by atoms with van der Waals surface area (Å²) in [6.07, 6.45) is 2.86. The van der Waals surface area contributed by atoms with Crippen LogP contribution in [-0.2, 0) is 17.3 Å². The Balaban J connectivity index is 2.37. The second-order valence-electron chi connectivity index (χ2n) is 3.55. The van der Waals surface area contributed by atoms with E-state index >= 15 is 0 Å². The highest BCUT2D eigenvalue weighted by atomic mass is 32.2. The maximum atomic E-state index is 11.0. The summed E-state index contributed by atoms with van der Waals surface area (Å²) in [6.45, 7) is 2.93. The van der Waals surface area contributed by atoms with E-state index < -0.39 is 16.8 Å². The molecule has 16 heavy (non-hydrogen) atoms. The predicted molar refractivity (Wildman–Crippen MR) is 60.9 cm³/mol. The van der Waals surface area contributed by atoms with Crippen molar-refractivity contribution in [1.82, 2.24) is 5.32 Å². The highest BCUT2D eigenvalue weighted by Crippen LogP contribution is 2.07. The van der Waals surface area contributed by atoms with Crippen LogP contribution in [0, 0.1) is 0 Å². The lowest BCUT2D eigenvalue weighted by Gasteiger charge is -2.08. The SMILES string of the molecule is CC(CNCc1cc(C(=O)O)co1)S(C)=O. The van der Waals surface area contributed by atoms with E-state index in [2.05, 4.69) is 5.32 Å². The summed E-state index contributed by atoms with van der Waals surface area (Å²) in [6, 6.07) is 1.48. The summed E-state index contributed by atoms with van der Waals surface area (Å²) in [4.78, 5) is 10.6. The van der Waals surface area contributed by atoms with Crippen molar-refractivity contribution < 1.29 is 18.5 Å². The second-order valence-corrected chi connectivity index (χ2v) is 5.35. The maximum Gasteiger partial charge on any atom is 0.338 e. The molecule has 1 rings (SSSR count). The highest BCUT2D eigenvalue weighted by molar-refractivity contribution is 7.84. The lowest BCUT2D eigenvalue weighted by atomic mass is 10.3. The van der Waals surface area contributed by atoms with Gasteiger partial charge >= 0.3 is 5.97 Å². The van der Waals surface area contributed by atoms with Gasteiger partial charge in [0.25, 0.3) is 0 Å². The monoisotopic (exact) mass is 245 g/mol. The Morgan fingerprint density at radius 1 is 1.69 bits per heavy atom. The molecule has 0 aliphatic carbocycles. The Morgan fingerprint density at radius 2 is 2.38 bits per heavy atom. The number of carboxylic acid groups (broad SMARTS) is 1. The van der Waals surface area contributed by atoms with Gasteiger partial charge in [0.05, 0.1) is 12.1 Å². The fourth-order valence-corrected chi connectivity index (χ4v) is 1.45. The van der Waals surface area contributed by atoms with Gasteiger partial charge < -0.3 is 14.8 Å². The van der Waals surface area contributed by atoms with Crippen molar-refractivity contribution >= 4 is 16.8 Å². The largest absolute Gasteiger partial charge is 0.478 e. The van der Waals surface area contributed by atoms with E-state index in [-0.39, 0.29) is 10.8 Å². The second kappa shape index (κ2) is 5.81. The molecule has 0 radical (unpaired) electrons. The van der Waals surface area contributed by atoms with Crippen LogP contribution in [-0.4, -0.2) is 33.3 Å². The first-order valence-electron chi connectivity index (χ1n) is 4.84. The number of carboxylic acids is 1. The first-order chi connectivity index (χ1) is 7.50. The first kappa shape index (κ1) is 12.9. The molecule has 0 amide bonds. The summed E-state index contributed by atoms with van der Waals surface area (Å²) in [5, 5.41) is 11.8. The molecule has 0 aromatic carbocycles. The zero-order valence-corrected chi connectivity index (χ0v) is 10.0.